The monoisotopic (exact) mass is 416 g/mol. The molecular weight excluding hydrogens is 392 g/mol. The highest BCUT2D eigenvalue weighted by Gasteiger charge is 2.21. The summed E-state index contributed by atoms with van der Waals surface area (Å²) in [6.45, 7) is 4.85. The van der Waals surface area contributed by atoms with Crippen LogP contribution in [0.2, 0.25) is 0 Å². The van der Waals surface area contributed by atoms with Crippen LogP contribution in [-0.4, -0.2) is 29.2 Å². The van der Waals surface area contributed by atoms with Crippen LogP contribution >= 0.6 is 11.8 Å². The Balaban J connectivity index is 2.06. The third-order valence-corrected chi connectivity index (χ3v) is 5.87. The molecule has 0 bridgehead atoms. The van der Waals surface area contributed by atoms with Crippen LogP contribution in [-0.2, 0) is 23.1 Å². The highest BCUT2D eigenvalue weighted by molar-refractivity contribution is 7.99. The van der Waals surface area contributed by atoms with Crippen LogP contribution in [0, 0.1) is 0 Å². The molecule has 3 aromatic rings. The normalized spacial score (nSPS) is 11.9. The number of pyridine rings is 1. The molecule has 0 amide bonds. The lowest BCUT2D eigenvalue weighted by Gasteiger charge is -2.13. The van der Waals surface area contributed by atoms with E-state index in [1.54, 1.807) is 18.0 Å². The number of sulfonamides is 1. The molecule has 0 spiro atoms. The van der Waals surface area contributed by atoms with Crippen molar-refractivity contribution in [2.45, 2.75) is 42.8 Å². The van der Waals surface area contributed by atoms with Gasteiger partial charge in [0.15, 0.2) is 0 Å². The van der Waals surface area contributed by atoms with E-state index >= 15 is 0 Å². The maximum absolute atomic E-state index is 11.6. The van der Waals surface area contributed by atoms with E-state index in [9.17, 15) is 8.42 Å². The van der Waals surface area contributed by atoms with Crippen molar-refractivity contribution < 1.29 is 8.42 Å². The number of nitrogens with one attached hydrogen (secondary N) is 1. The van der Waals surface area contributed by atoms with Crippen LogP contribution in [0.1, 0.15) is 37.0 Å². The van der Waals surface area contributed by atoms with Gasteiger partial charge in [-0.2, -0.15) is 0 Å². The minimum absolute atomic E-state index is 0.140. The molecule has 0 aliphatic heterocycles. The first-order valence-corrected chi connectivity index (χ1v) is 11.7. The van der Waals surface area contributed by atoms with Crippen LogP contribution in [0.25, 0.3) is 0 Å². The molecular formula is C20H24N4O2S2. The van der Waals surface area contributed by atoms with Crippen LogP contribution in [0.5, 0.6) is 0 Å². The highest BCUT2D eigenvalue weighted by atomic mass is 32.2. The van der Waals surface area contributed by atoms with Gasteiger partial charge in [0.2, 0.25) is 10.0 Å². The van der Waals surface area contributed by atoms with Crippen molar-refractivity contribution >= 4 is 21.8 Å². The Hall–Kier alpha value is -2.16. The Labute approximate surface area is 170 Å². The van der Waals surface area contributed by atoms with E-state index in [4.69, 9.17) is 4.98 Å². The highest BCUT2D eigenvalue weighted by Crippen LogP contribution is 2.35. The SMILES string of the molecule is CC(C)c1nc(CNS(C)(=O)=O)n(Cc2ccccn2)c1Sc1ccccc1. The number of benzene rings is 1. The van der Waals surface area contributed by atoms with E-state index < -0.39 is 10.0 Å². The molecule has 0 atom stereocenters. The fourth-order valence-corrected chi connectivity index (χ4v) is 4.31. The average molecular weight is 417 g/mol. The number of hydrogen-bond acceptors (Lipinski definition) is 5. The van der Waals surface area contributed by atoms with Gasteiger partial charge < -0.3 is 4.57 Å². The van der Waals surface area contributed by atoms with Gasteiger partial charge >= 0.3 is 0 Å². The van der Waals surface area contributed by atoms with Crippen molar-refractivity contribution in [3.63, 3.8) is 0 Å². The second-order valence-electron chi connectivity index (χ2n) is 6.79. The minimum Gasteiger partial charge on any atom is -0.315 e. The van der Waals surface area contributed by atoms with Gasteiger partial charge in [-0.25, -0.2) is 18.1 Å². The van der Waals surface area contributed by atoms with Gasteiger partial charge in [-0.05, 0) is 30.2 Å². The summed E-state index contributed by atoms with van der Waals surface area (Å²) < 4.78 is 27.9. The predicted octanol–water partition coefficient (Wildman–Crippen LogP) is 3.65. The van der Waals surface area contributed by atoms with Crippen LogP contribution in [0.4, 0.5) is 0 Å². The van der Waals surface area contributed by atoms with Crippen molar-refractivity contribution in [1.29, 1.82) is 0 Å². The molecule has 0 radical (unpaired) electrons. The Morgan fingerprint density at radius 2 is 1.82 bits per heavy atom. The number of rotatable bonds is 8. The van der Waals surface area contributed by atoms with Gasteiger partial charge in [0.05, 0.1) is 30.7 Å². The quantitative estimate of drug-likeness (QED) is 0.606. The third-order valence-electron chi connectivity index (χ3n) is 4.07. The van der Waals surface area contributed by atoms with Crippen molar-refractivity contribution in [3.05, 3.63) is 71.9 Å². The van der Waals surface area contributed by atoms with Crippen molar-refractivity contribution in [1.82, 2.24) is 19.3 Å². The van der Waals surface area contributed by atoms with Gasteiger partial charge in [-0.3, -0.25) is 4.98 Å². The predicted molar refractivity (Wildman–Crippen MR) is 112 cm³/mol. The Morgan fingerprint density at radius 1 is 1.11 bits per heavy atom. The smallest absolute Gasteiger partial charge is 0.209 e. The summed E-state index contributed by atoms with van der Waals surface area (Å²) in [4.78, 5) is 10.3. The number of aromatic nitrogens is 3. The topological polar surface area (TPSA) is 76.9 Å². The number of nitrogens with zero attached hydrogens (tertiary/aromatic N) is 3. The molecule has 0 aliphatic rings. The Kier molecular flexibility index (Phi) is 6.53. The molecule has 0 saturated heterocycles. The molecule has 8 heteroatoms. The van der Waals surface area contributed by atoms with E-state index in [1.165, 1.54) is 0 Å². The first-order chi connectivity index (χ1) is 13.3. The lowest BCUT2D eigenvalue weighted by Crippen LogP contribution is -2.23. The maximum atomic E-state index is 11.6. The Morgan fingerprint density at radius 3 is 2.43 bits per heavy atom. The van der Waals surface area contributed by atoms with E-state index in [0.717, 1.165) is 27.6 Å². The van der Waals surface area contributed by atoms with E-state index in [0.29, 0.717) is 12.4 Å². The lowest BCUT2D eigenvalue weighted by atomic mass is 10.1. The minimum atomic E-state index is -3.32. The van der Waals surface area contributed by atoms with Crippen molar-refractivity contribution in [3.8, 4) is 0 Å². The van der Waals surface area contributed by atoms with E-state index in [-0.39, 0.29) is 12.5 Å². The molecule has 0 aliphatic carbocycles. The van der Waals surface area contributed by atoms with Crippen LogP contribution < -0.4 is 4.72 Å². The standard InChI is InChI=1S/C20H24N4O2S2/c1-15(2)19-20(27-17-10-5-4-6-11-17)24(14-16-9-7-8-12-21-16)18(23-19)13-22-28(3,25)26/h4-12,15,22H,13-14H2,1-3H3. The molecule has 0 saturated carbocycles. The summed E-state index contributed by atoms with van der Waals surface area (Å²) in [5.41, 5.74) is 1.85. The fourth-order valence-electron chi connectivity index (χ4n) is 2.73. The van der Waals surface area contributed by atoms with E-state index in [1.807, 2.05) is 36.4 Å². The number of hydrogen-bond donors (Lipinski definition) is 1. The van der Waals surface area contributed by atoms with Crippen LogP contribution in [0.15, 0.2) is 64.6 Å². The molecule has 148 valence electrons. The maximum Gasteiger partial charge on any atom is 0.209 e. The summed E-state index contributed by atoms with van der Waals surface area (Å²) in [6.07, 6.45) is 2.91. The number of imidazole rings is 1. The van der Waals surface area contributed by atoms with Crippen molar-refractivity contribution in [2.24, 2.45) is 0 Å². The van der Waals surface area contributed by atoms with E-state index in [2.05, 4.69) is 40.3 Å². The third kappa shape index (κ3) is 5.43. The van der Waals surface area contributed by atoms with Crippen molar-refractivity contribution in [2.75, 3.05) is 6.26 Å². The first kappa shape index (κ1) is 20.6. The molecule has 2 heterocycles. The summed E-state index contributed by atoms with van der Waals surface area (Å²) in [7, 11) is -3.32. The van der Waals surface area contributed by atoms with Crippen LogP contribution in [0.3, 0.4) is 0 Å². The summed E-state index contributed by atoms with van der Waals surface area (Å²) >= 11 is 1.64. The fraction of sp³-hybridized carbons (Fsp3) is 0.300. The first-order valence-electron chi connectivity index (χ1n) is 9.00. The van der Waals surface area contributed by atoms with Gasteiger partial charge in [0, 0.05) is 11.1 Å². The zero-order valence-electron chi connectivity index (χ0n) is 16.2. The average Bonchev–Trinajstić information content (AvgIpc) is 2.99. The second-order valence-corrected chi connectivity index (χ2v) is 9.68. The second kappa shape index (κ2) is 8.89. The zero-order valence-corrected chi connectivity index (χ0v) is 17.8. The summed E-state index contributed by atoms with van der Waals surface area (Å²) in [5, 5.41) is 1.01. The van der Waals surface area contributed by atoms with Gasteiger partial charge in [-0.15, -0.1) is 0 Å². The molecule has 1 aromatic carbocycles. The van der Waals surface area contributed by atoms with Gasteiger partial charge in [0.1, 0.15) is 10.9 Å². The molecule has 3 rings (SSSR count). The largest absolute Gasteiger partial charge is 0.315 e. The molecule has 28 heavy (non-hydrogen) atoms. The van der Waals surface area contributed by atoms with Gasteiger partial charge in [-0.1, -0.05) is 49.9 Å². The lowest BCUT2D eigenvalue weighted by molar-refractivity contribution is 0.579. The van der Waals surface area contributed by atoms with Gasteiger partial charge in [0.25, 0.3) is 0 Å². The summed E-state index contributed by atoms with van der Waals surface area (Å²) in [6, 6.07) is 15.9. The molecule has 2 aromatic heterocycles. The molecule has 0 unspecified atom stereocenters. The molecule has 1 N–H and O–H groups in total. The molecule has 0 fully saturated rings. The zero-order chi connectivity index (χ0) is 20.1. The Bertz CT molecular complexity index is 1020. The summed E-state index contributed by atoms with van der Waals surface area (Å²) in [5.74, 6) is 0.881. The molecule has 6 nitrogen and oxygen atoms in total.